The van der Waals surface area contributed by atoms with Crippen molar-refractivity contribution >= 4 is 23.1 Å². The quantitative estimate of drug-likeness (QED) is 0.649. The van der Waals surface area contributed by atoms with Crippen LogP contribution in [0.1, 0.15) is 11.3 Å². The second-order valence-corrected chi connectivity index (χ2v) is 4.32. The average Bonchev–Trinajstić information content (AvgIpc) is 2.45. The molecule has 92 valence electrons. The van der Waals surface area contributed by atoms with E-state index in [9.17, 15) is 4.39 Å². The van der Waals surface area contributed by atoms with Gasteiger partial charge in [-0.05, 0) is 35.9 Å². The van der Waals surface area contributed by atoms with Gasteiger partial charge in [0, 0.05) is 5.39 Å². The molecule has 3 rings (SSSR count). The maximum Gasteiger partial charge on any atom is 0.123 e. The van der Waals surface area contributed by atoms with Crippen molar-refractivity contribution in [1.82, 2.24) is 4.98 Å². The highest BCUT2D eigenvalue weighted by molar-refractivity contribution is 5.80. The summed E-state index contributed by atoms with van der Waals surface area (Å²) in [5, 5.41) is 1.12. The molecule has 0 saturated heterocycles. The van der Waals surface area contributed by atoms with Crippen molar-refractivity contribution in [2.24, 2.45) is 0 Å². The summed E-state index contributed by atoms with van der Waals surface area (Å²) in [6, 6.07) is 18.5. The first-order valence-corrected chi connectivity index (χ1v) is 6.11. The van der Waals surface area contributed by atoms with Gasteiger partial charge in [0.05, 0.1) is 11.2 Å². The Kier molecular flexibility index (Phi) is 3.07. The van der Waals surface area contributed by atoms with Crippen LogP contribution in [0.2, 0.25) is 0 Å². The number of nitrogens with zero attached hydrogens (tertiary/aromatic N) is 1. The number of para-hydroxylation sites is 1. The number of halogens is 1. The normalized spacial score (nSPS) is 11.2. The first-order valence-electron chi connectivity index (χ1n) is 6.11. The molecular formula is C17H12FN. The summed E-state index contributed by atoms with van der Waals surface area (Å²) in [5.41, 5.74) is 2.65. The largest absolute Gasteiger partial charge is 0.248 e. The van der Waals surface area contributed by atoms with E-state index in [1.54, 1.807) is 6.07 Å². The van der Waals surface area contributed by atoms with Gasteiger partial charge in [-0.1, -0.05) is 42.5 Å². The van der Waals surface area contributed by atoms with Crippen LogP contribution in [-0.4, -0.2) is 4.98 Å². The Hall–Kier alpha value is -2.48. The molecule has 1 heterocycles. The fourth-order valence-corrected chi connectivity index (χ4v) is 1.97. The number of benzene rings is 2. The predicted molar refractivity (Wildman–Crippen MR) is 77.1 cm³/mol. The molecule has 3 aromatic rings. The molecule has 1 nitrogen and oxygen atoms in total. The highest BCUT2D eigenvalue weighted by Gasteiger charge is 1.95. The van der Waals surface area contributed by atoms with Crippen LogP contribution in [0.25, 0.3) is 23.1 Å². The molecule has 0 aliphatic heterocycles. The van der Waals surface area contributed by atoms with Gasteiger partial charge in [0.2, 0.25) is 0 Å². The molecule has 1 aromatic heterocycles. The van der Waals surface area contributed by atoms with Crippen LogP contribution < -0.4 is 0 Å². The average molecular weight is 249 g/mol. The number of fused-ring (bicyclic) bond motifs is 1. The van der Waals surface area contributed by atoms with Gasteiger partial charge in [-0.15, -0.1) is 0 Å². The van der Waals surface area contributed by atoms with Crippen LogP contribution in [0.5, 0.6) is 0 Å². The second-order valence-electron chi connectivity index (χ2n) is 4.32. The minimum atomic E-state index is -0.228. The Balaban J connectivity index is 1.92. The van der Waals surface area contributed by atoms with E-state index in [0.717, 1.165) is 22.2 Å². The topological polar surface area (TPSA) is 12.9 Å². The Morgan fingerprint density at radius 2 is 1.74 bits per heavy atom. The van der Waals surface area contributed by atoms with Crippen LogP contribution in [-0.2, 0) is 0 Å². The molecule has 0 aliphatic carbocycles. The smallest absolute Gasteiger partial charge is 0.123 e. The number of hydrogen-bond donors (Lipinski definition) is 0. The van der Waals surface area contributed by atoms with Crippen LogP contribution >= 0.6 is 0 Å². The lowest BCUT2D eigenvalue weighted by atomic mass is 10.1. The van der Waals surface area contributed by atoms with Gasteiger partial charge in [0.15, 0.2) is 0 Å². The maximum atomic E-state index is 13.1. The lowest BCUT2D eigenvalue weighted by molar-refractivity contribution is 0.627. The van der Waals surface area contributed by atoms with E-state index in [1.807, 2.05) is 54.6 Å². The van der Waals surface area contributed by atoms with Crippen molar-refractivity contribution in [3.63, 3.8) is 0 Å². The van der Waals surface area contributed by atoms with Gasteiger partial charge in [-0.2, -0.15) is 0 Å². The molecule has 0 unspecified atom stereocenters. The van der Waals surface area contributed by atoms with Crippen molar-refractivity contribution in [3.8, 4) is 0 Å². The standard InChI is InChI=1S/C17H12FN/c18-15-6-3-4-13(12-15)8-10-16-11-9-14-5-1-2-7-17(14)19-16/h1-12H. The van der Waals surface area contributed by atoms with E-state index in [0.29, 0.717) is 0 Å². The highest BCUT2D eigenvalue weighted by Crippen LogP contribution is 2.14. The zero-order chi connectivity index (χ0) is 13.1. The lowest BCUT2D eigenvalue weighted by Gasteiger charge is -1.98. The van der Waals surface area contributed by atoms with Gasteiger partial charge >= 0.3 is 0 Å². The Morgan fingerprint density at radius 3 is 2.63 bits per heavy atom. The molecular weight excluding hydrogens is 237 g/mol. The van der Waals surface area contributed by atoms with Gasteiger partial charge in [-0.25, -0.2) is 9.37 Å². The third-order valence-electron chi connectivity index (χ3n) is 2.92. The second kappa shape index (κ2) is 5.02. The number of pyridine rings is 1. The van der Waals surface area contributed by atoms with Crippen molar-refractivity contribution < 1.29 is 4.39 Å². The van der Waals surface area contributed by atoms with Gasteiger partial charge in [0.25, 0.3) is 0 Å². The number of aromatic nitrogens is 1. The summed E-state index contributed by atoms with van der Waals surface area (Å²) in [6.07, 6.45) is 3.75. The number of hydrogen-bond acceptors (Lipinski definition) is 1. The third kappa shape index (κ3) is 2.68. The van der Waals surface area contributed by atoms with E-state index >= 15 is 0 Å². The molecule has 0 spiro atoms. The summed E-state index contributed by atoms with van der Waals surface area (Å²) in [4.78, 5) is 4.53. The van der Waals surface area contributed by atoms with Crippen LogP contribution in [0.3, 0.4) is 0 Å². The minimum absolute atomic E-state index is 0.228. The van der Waals surface area contributed by atoms with E-state index in [-0.39, 0.29) is 5.82 Å². The molecule has 2 heteroatoms. The van der Waals surface area contributed by atoms with E-state index in [2.05, 4.69) is 4.98 Å². The molecule has 0 radical (unpaired) electrons. The van der Waals surface area contributed by atoms with Gasteiger partial charge in [0.1, 0.15) is 5.82 Å². The fraction of sp³-hybridized carbons (Fsp3) is 0. The fourth-order valence-electron chi connectivity index (χ4n) is 1.97. The summed E-state index contributed by atoms with van der Waals surface area (Å²) in [6.45, 7) is 0. The van der Waals surface area contributed by atoms with E-state index in [1.165, 1.54) is 12.1 Å². The van der Waals surface area contributed by atoms with Gasteiger partial charge in [-0.3, -0.25) is 0 Å². The lowest BCUT2D eigenvalue weighted by Crippen LogP contribution is -1.82. The Bertz CT molecular complexity index is 747. The van der Waals surface area contributed by atoms with Crippen molar-refractivity contribution in [2.45, 2.75) is 0 Å². The van der Waals surface area contributed by atoms with Crippen LogP contribution in [0, 0.1) is 5.82 Å². The highest BCUT2D eigenvalue weighted by atomic mass is 19.1. The van der Waals surface area contributed by atoms with E-state index < -0.39 is 0 Å². The van der Waals surface area contributed by atoms with Crippen molar-refractivity contribution in [3.05, 3.63) is 77.7 Å². The molecule has 0 bridgehead atoms. The van der Waals surface area contributed by atoms with Crippen molar-refractivity contribution in [2.75, 3.05) is 0 Å². The van der Waals surface area contributed by atoms with E-state index in [4.69, 9.17) is 0 Å². The minimum Gasteiger partial charge on any atom is -0.248 e. The van der Waals surface area contributed by atoms with Gasteiger partial charge < -0.3 is 0 Å². The molecule has 2 aromatic carbocycles. The van der Waals surface area contributed by atoms with Crippen LogP contribution in [0.15, 0.2) is 60.7 Å². The summed E-state index contributed by atoms with van der Waals surface area (Å²) in [7, 11) is 0. The molecule has 0 amide bonds. The molecule has 0 fully saturated rings. The SMILES string of the molecule is Fc1cccc(C=Cc2ccc3ccccc3n2)c1. The van der Waals surface area contributed by atoms with Crippen LogP contribution in [0.4, 0.5) is 4.39 Å². The predicted octanol–water partition coefficient (Wildman–Crippen LogP) is 4.54. The summed E-state index contributed by atoms with van der Waals surface area (Å²) in [5.74, 6) is -0.228. The summed E-state index contributed by atoms with van der Waals surface area (Å²) < 4.78 is 13.1. The molecule has 0 N–H and O–H groups in total. The first kappa shape index (κ1) is 11.6. The summed E-state index contributed by atoms with van der Waals surface area (Å²) >= 11 is 0. The monoisotopic (exact) mass is 249 g/mol. The Morgan fingerprint density at radius 1 is 0.842 bits per heavy atom. The number of rotatable bonds is 2. The molecule has 19 heavy (non-hydrogen) atoms. The Labute approximate surface area is 111 Å². The molecule has 0 aliphatic rings. The first-order chi connectivity index (χ1) is 9.31. The van der Waals surface area contributed by atoms with Crippen molar-refractivity contribution in [1.29, 1.82) is 0 Å². The zero-order valence-electron chi connectivity index (χ0n) is 10.3. The zero-order valence-corrected chi connectivity index (χ0v) is 10.3. The third-order valence-corrected chi connectivity index (χ3v) is 2.92. The molecule has 0 atom stereocenters. The maximum absolute atomic E-state index is 13.1. The molecule has 0 saturated carbocycles.